The number of rotatable bonds is 10. The number of anilines is 3. The zero-order valence-corrected chi connectivity index (χ0v) is 29.7. The lowest BCUT2D eigenvalue weighted by Crippen LogP contribution is -2.46. The number of aliphatic hydroxyl groups excluding tert-OH is 1. The predicted octanol–water partition coefficient (Wildman–Crippen LogP) is 6.13. The summed E-state index contributed by atoms with van der Waals surface area (Å²) in [7, 11) is -0.535. The van der Waals surface area contributed by atoms with Crippen LogP contribution in [0.1, 0.15) is 65.3 Å². The summed E-state index contributed by atoms with van der Waals surface area (Å²) >= 11 is 0. The van der Waals surface area contributed by atoms with Gasteiger partial charge in [0.05, 0.1) is 42.4 Å². The molecule has 2 N–H and O–H groups in total. The maximum atomic E-state index is 13.5. The van der Waals surface area contributed by atoms with Gasteiger partial charge in [-0.3, -0.25) is 4.90 Å². The normalized spacial score (nSPS) is 16.7. The molecule has 46 heavy (non-hydrogen) atoms. The van der Waals surface area contributed by atoms with Crippen molar-refractivity contribution in [1.29, 1.82) is 5.26 Å². The number of hydrogen-bond donors (Lipinski definition) is 2. The van der Waals surface area contributed by atoms with Crippen LogP contribution in [0.3, 0.4) is 0 Å². The van der Waals surface area contributed by atoms with E-state index in [0.717, 1.165) is 5.56 Å². The first kappa shape index (κ1) is 35.0. The fraction of sp³-hybridized carbons (Fsp3) is 0.545. The Morgan fingerprint density at radius 3 is 2.52 bits per heavy atom. The van der Waals surface area contributed by atoms with E-state index in [1.54, 1.807) is 41.1 Å². The number of aromatic nitrogens is 4. The fourth-order valence-electron chi connectivity index (χ4n) is 4.97. The summed E-state index contributed by atoms with van der Waals surface area (Å²) in [5.74, 6) is 0.923. The second-order valence-corrected chi connectivity index (χ2v) is 19.3. The molecule has 0 saturated carbocycles. The van der Waals surface area contributed by atoms with Gasteiger partial charge < -0.3 is 24.3 Å². The Bertz CT molecular complexity index is 1620. The molecule has 4 rings (SSSR count). The molecular formula is C33H47N7O5Si. The molecule has 0 fully saturated rings. The van der Waals surface area contributed by atoms with Crippen molar-refractivity contribution in [3.63, 3.8) is 0 Å². The van der Waals surface area contributed by atoms with Gasteiger partial charge in [-0.25, -0.2) is 19.4 Å². The molecular weight excluding hydrogens is 602 g/mol. The Hall–Kier alpha value is -3.83. The molecule has 248 valence electrons. The molecule has 0 spiro atoms. The highest BCUT2D eigenvalue weighted by molar-refractivity contribution is 6.74. The third kappa shape index (κ3) is 7.58. The number of fused-ring (bicyclic) bond motifs is 1. The average molecular weight is 650 g/mol. The summed E-state index contributed by atoms with van der Waals surface area (Å²) < 4.78 is 19.4. The standard InChI is InChI=1S/C33H47N7O5Si/c1-31(2,3)45-30(42)39-20-33(7,21-44-46(9,10)32(4,5)6)25-16-22(15-23(18-34)28(25)39)26-11-12-35-29(36-26)37-27-17-24(19-41)38-40(27)13-14-43-8/h11-12,15-17,41H,13-14,19-21H2,1-10H3,(H,35,36,37)/t33-/m1/s1. The zero-order valence-electron chi connectivity index (χ0n) is 28.7. The van der Waals surface area contributed by atoms with Crippen LogP contribution in [0.25, 0.3) is 11.3 Å². The lowest BCUT2D eigenvalue weighted by Gasteiger charge is -2.39. The number of carbonyl (C=O) groups excluding carboxylic acids is 1. The number of nitrogens with one attached hydrogen (secondary N) is 1. The van der Waals surface area contributed by atoms with Crippen molar-refractivity contribution in [2.45, 2.75) is 90.8 Å². The largest absolute Gasteiger partial charge is 0.443 e. The minimum atomic E-state index is -2.15. The van der Waals surface area contributed by atoms with Crippen LogP contribution in [0.15, 0.2) is 30.5 Å². The van der Waals surface area contributed by atoms with E-state index in [1.165, 1.54) is 0 Å². The lowest BCUT2D eigenvalue weighted by molar-refractivity contribution is 0.0575. The first-order valence-electron chi connectivity index (χ1n) is 15.4. The monoisotopic (exact) mass is 649 g/mol. The zero-order chi connectivity index (χ0) is 34.1. The third-order valence-electron chi connectivity index (χ3n) is 8.52. The van der Waals surface area contributed by atoms with Crippen molar-refractivity contribution in [3.8, 4) is 17.3 Å². The molecule has 1 aromatic carbocycles. The van der Waals surface area contributed by atoms with Crippen molar-refractivity contribution >= 4 is 31.9 Å². The Morgan fingerprint density at radius 1 is 1.20 bits per heavy atom. The van der Waals surface area contributed by atoms with E-state index in [9.17, 15) is 15.2 Å². The van der Waals surface area contributed by atoms with E-state index >= 15 is 0 Å². The van der Waals surface area contributed by atoms with Crippen LogP contribution in [0, 0.1) is 11.3 Å². The summed E-state index contributed by atoms with van der Waals surface area (Å²) in [6.07, 6.45) is 1.13. The van der Waals surface area contributed by atoms with Gasteiger partial charge in [-0.15, -0.1) is 0 Å². The first-order valence-corrected chi connectivity index (χ1v) is 18.3. The molecule has 0 radical (unpaired) electrons. The van der Waals surface area contributed by atoms with E-state index in [4.69, 9.17) is 18.9 Å². The molecule has 0 unspecified atom stereocenters. The van der Waals surface area contributed by atoms with Crippen molar-refractivity contribution in [1.82, 2.24) is 19.7 Å². The number of carbonyl (C=O) groups is 1. The Labute approximate surface area is 272 Å². The number of nitrogens with zero attached hydrogens (tertiary/aromatic N) is 6. The van der Waals surface area contributed by atoms with E-state index in [1.807, 2.05) is 26.8 Å². The lowest BCUT2D eigenvalue weighted by atomic mass is 9.83. The maximum absolute atomic E-state index is 13.5. The molecule has 3 heterocycles. The molecule has 3 aromatic rings. The summed E-state index contributed by atoms with van der Waals surface area (Å²) in [5.41, 5.74) is 2.17. The number of aliphatic hydroxyl groups is 1. The van der Waals surface area contributed by atoms with E-state index in [-0.39, 0.29) is 11.6 Å². The molecule has 1 aliphatic heterocycles. The number of methoxy groups -OCH3 is 1. The van der Waals surface area contributed by atoms with Gasteiger partial charge in [-0.05, 0) is 62.7 Å². The maximum Gasteiger partial charge on any atom is 0.414 e. The highest BCUT2D eigenvalue weighted by Gasteiger charge is 2.47. The second-order valence-electron chi connectivity index (χ2n) is 14.5. The predicted molar refractivity (Wildman–Crippen MR) is 180 cm³/mol. The smallest absolute Gasteiger partial charge is 0.414 e. The second kappa shape index (κ2) is 13.1. The Morgan fingerprint density at radius 2 is 1.91 bits per heavy atom. The topological polar surface area (TPSA) is 148 Å². The summed E-state index contributed by atoms with van der Waals surface area (Å²) in [5, 5.41) is 27.6. The molecule has 2 aromatic heterocycles. The fourth-order valence-corrected chi connectivity index (χ4v) is 6.09. The molecule has 12 nitrogen and oxygen atoms in total. The quantitative estimate of drug-likeness (QED) is 0.246. The van der Waals surface area contributed by atoms with Crippen LogP contribution >= 0.6 is 0 Å². The van der Waals surface area contributed by atoms with Gasteiger partial charge in [0.2, 0.25) is 5.95 Å². The number of ether oxygens (including phenoxy) is 2. The molecule has 0 bridgehead atoms. The minimum Gasteiger partial charge on any atom is -0.443 e. The molecule has 13 heteroatoms. The SMILES string of the molecule is COCCn1nc(CO)cc1Nc1nccc(-c2cc(C#N)c3c(c2)[C@@](C)(CO[Si](C)(C)C(C)(C)C)CN3C(=O)OC(C)(C)C)n1. The molecule has 1 amide bonds. The van der Waals surface area contributed by atoms with Crippen molar-refractivity contribution in [2.24, 2.45) is 0 Å². The van der Waals surface area contributed by atoms with Gasteiger partial charge >= 0.3 is 6.09 Å². The molecule has 1 atom stereocenters. The van der Waals surface area contributed by atoms with Gasteiger partial charge in [0.25, 0.3) is 0 Å². The highest BCUT2D eigenvalue weighted by atomic mass is 28.4. The van der Waals surface area contributed by atoms with Crippen molar-refractivity contribution in [2.75, 3.05) is 37.1 Å². The van der Waals surface area contributed by atoms with Crippen LogP contribution in [-0.4, -0.2) is 71.7 Å². The summed E-state index contributed by atoms with van der Waals surface area (Å²) in [6, 6.07) is 9.57. The van der Waals surface area contributed by atoms with Crippen molar-refractivity contribution < 1.29 is 23.8 Å². The highest BCUT2D eigenvalue weighted by Crippen LogP contribution is 2.47. The van der Waals surface area contributed by atoms with Gasteiger partial charge in [-0.2, -0.15) is 10.4 Å². The molecule has 1 aliphatic rings. The third-order valence-corrected chi connectivity index (χ3v) is 13.0. The van der Waals surface area contributed by atoms with E-state index in [0.29, 0.717) is 66.3 Å². The molecule has 0 saturated heterocycles. The van der Waals surface area contributed by atoms with Crippen LogP contribution in [0.4, 0.5) is 22.2 Å². The summed E-state index contributed by atoms with van der Waals surface area (Å²) in [4.78, 5) is 24.3. The van der Waals surface area contributed by atoms with E-state index in [2.05, 4.69) is 62.3 Å². The van der Waals surface area contributed by atoms with E-state index < -0.39 is 25.4 Å². The Kier molecular flexibility index (Phi) is 9.99. The molecule has 0 aliphatic carbocycles. The first-order chi connectivity index (χ1) is 21.4. The minimum absolute atomic E-state index is 0.00342. The van der Waals surface area contributed by atoms with Crippen LogP contribution in [0.5, 0.6) is 0 Å². The van der Waals surface area contributed by atoms with Crippen LogP contribution in [-0.2, 0) is 32.5 Å². The van der Waals surface area contributed by atoms with Gasteiger partial charge in [-0.1, -0.05) is 27.7 Å². The van der Waals surface area contributed by atoms with Crippen molar-refractivity contribution in [3.05, 3.63) is 47.3 Å². The number of hydrogen-bond acceptors (Lipinski definition) is 10. The number of amides is 1. The van der Waals surface area contributed by atoms with Crippen LogP contribution in [0.2, 0.25) is 18.1 Å². The Balaban J connectivity index is 1.78. The van der Waals surface area contributed by atoms with Crippen LogP contribution < -0.4 is 10.2 Å². The average Bonchev–Trinajstić information content (AvgIpc) is 3.51. The number of nitriles is 1. The summed E-state index contributed by atoms with van der Waals surface area (Å²) in [6.45, 7) is 19.9. The number of benzene rings is 1. The van der Waals surface area contributed by atoms with Gasteiger partial charge in [0.1, 0.15) is 17.5 Å². The van der Waals surface area contributed by atoms with Gasteiger partial charge in [0, 0.05) is 43.5 Å². The van der Waals surface area contributed by atoms with Gasteiger partial charge in [0.15, 0.2) is 8.32 Å².